The first-order chi connectivity index (χ1) is 14.3. The van der Waals surface area contributed by atoms with Crippen LogP contribution in [-0.4, -0.2) is 6.61 Å². The highest BCUT2D eigenvalue weighted by molar-refractivity contribution is 5.28. The van der Waals surface area contributed by atoms with Crippen LogP contribution in [0.2, 0.25) is 0 Å². The normalized spacial score (nSPS) is 24.9. The van der Waals surface area contributed by atoms with Gasteiger partial charge in [-0.15, -0.1) is 0 Å². The van der Waals surface area contributed by atoms with E-state index in [4.69, 9.17) is 4.74 Å². The molecular weight excluding hydrogens is 352 g/mol. The first kappa shape index (κ1) is 22.4. The lowest BCUT2D eigenvalue weighted by Gasteiger charge is -2.35. The molecule has 1 heteroatoms. The lowest BCUT2D eigenvalue weighted by molar-refractivity contribution is 0.185. The van der Waals surface area contributed by atoms with Crippen molar-refractivity contribution >= 4 is 0 Å². The minimum Gasteiger partial charge on any atom is -0.494 e. The Hall–Kier alpha value is -1.24. The smallest absolute Gasteiger partial charge is 0.119 e. The van der Waals surface area contributed by atoms with Gasteiger partial charge in [0.15, 0.2) is 0 Å². The number of rotatable bonds is 11. The van der Waals surface area contributed by atoms with Gasteiger partial charge in [0.05, 0.1) is 6.61 Å². The molecule has 1 unspecified atom stereocenters. The zero-order chi connectivity index (χ0) is 20.3. The molecule has 3 rings (SSSR count). The molecule has 0 amide bonds. The summed E-state index contributed by atoms with van der Waals surface area (Å²) >= 11 is 0. The molecule has 0 aromatic heterocycles. The van der Waals surface area contributed by atoms with Gasteiger partial charge in [0, 0.05) is 0 Å². The van der Waals surface area contributed by atoms with Crippen LogP contribution in [0.15, 0.2) is 35.9 Å². The lowest BCUT2D eigenvalue weighted by Crippen LogP contribution is -2.23. The van der Waals surface area contributed by atoms with Crippen molar-refractivity contribution in [1.29, 1.82) is 0 Å². The molecule has 0 radical (unpaired) electrons. The molecule has 0 saturated heterocycles. The summed E-state index contributed by atoms with van der Waals surface area (Å²) in [5.74, 6) is 4.04. The summed E-state index contributed by atoms with van der Waals surface area (Å²) < 4.78 is 5.55. The molecule has 1 fully saturated rings. The molecule has 162 valence electrons. The van der Waals surface area contributed by atoms with Crippen molar-refractivity contribution in [2.75, 3.05) is 6.61 Å². The van der Waals surface area contributed by atoms with Gasteiger partial charge in [0.1, 0.15) is 5.75 Å². The summed E-state index contributed by atoms with van der Waals surface area (Å²) in [5, 5.41) is 0. The van der Waals surface area contributed by atoms with Crippen molar-refractivity contribution in [1.82, 2.24) is 0 Å². The highest BCUT2D eigenvalue weighted by Crippen LogP contribution is 2.41. The third kappa shape index (κ3) is 7.50. The van der Waals surface area contributed by atoms with Crippen molar-refractivity contribution in [2.45, 2.75) is 104 Å². The van der Waals surface area contributed by atoms with Crippen molar-refractivity contribution in [2.24, 2.45) is 17.8 Å². The molecule has 29 heavy (non-hydrogen) atoms. The van der Waals surface area contributed by atoms with Crippen molar-refractivity contribution < 1.29 is 4.74 Å². The van der Waals surface area contributed by atoms with E-state index in [2.05, 4.69) is 37.3 Å². The standard InChI is InChI=1S/C28H44O/c1-3-5-6-7-8-23-11-17-26(18-12-23)27-19-13-24(14-20-27)9-10-25-15-21-28(22-16-25)29-4-2/h13,15-16,21-23,26-27H,3-12,14,17-20H2,1-2H3. The fraction of sp³-hybridized carbons (Fsp3) is 0.714. The Bertz CT molecular complexity index is 591. The van der Waals surface area contributed by atoms with Gasteiger partial charge in [0.2, 0.25) is 0 Å². The maximum absolute atomic E-state index is 5.55. The molecule has 0 spiro atoms. The first-order valence-electron chi connectivity index (χ1n) is 12.7. The van der Waals surface area contributed by atoms with Gasteiger partial charge < -0.3 is 4.74 Å². The van der Waals surface area contributed by atoms with Crippen LogP contribution < -0.4 is 4.74 Å². The van der Waals surface area contributed by atoms with E-state index >= 15 is 0 Å². The predicted molar refractivity (Wildman–Crippen MR) is 126 cm³/mol. The minimum atomic E-state index is 0.744. The molecular formula is C28H44O. The second kappa shape index (κ2) is 12.5. The van der Waals surface area contributed by atoms with Crippen LogP contribution in [0.25, 0.3) is 0 Å². The number of ether oxygens (including phenoxy) is 1. The molecule has 1 saturated carbocycles. The van der Waals surface area contributed by atoms with E-state index in [0.717, 1.165) is 30.1 Å². The molecule has 0 bridgehead atoms. The molecule has 0 aliphatic heterocycles. The van der Waals surface area contributed by atoms with Gasteiger partial charge >= 0.3 is 0 Å². The maximum atomic E-state index is 5.55. The third-order valence-corrected chi connectivity index (χ3v) is 7.54. The molecule has 1 aromatic rings. The summed E-state index contributed by atoms with van der Waals surface area (Å²) in [5.41, 5.74) is 3.15. The Morgan fingerprint density at radius 3 is 2.28 bits per heavy atom. The van der Waals surface area contributed by atoms with Crippen LogP contribution >= 0.6 is 0 Å². The highest BCUT2D eigenvalue weighted by Gasteiger charge is 2.28. The van der Waals surface area contributed by atoms with Gasteiger partial charge in [-0.3, -0.25) is 0 Å². The fourth-order valence-corrected chi connectivity index (χ4v) is 5.60. The van der Waals surface area contributed by atoms with E-state index < -0.39 is 0 Å². The maximum Gasteiger partial charge on any atom is 0.119 e. The summed E-state index contributed by atoms with van der Waals surface area (Å²) in [6.07, 6.45) is 22.5. The molecule has 0 heterocycles. The Balaban J connectivity index is 1.34. The van der Waals surface area contributed by atoms with E-state index in [1.54, 1.807) is 5.57 Å². The lowest BCUT2D eigenvalue weighted by atomic mass is 9.70. The number of hydrogen-bond donors (Lipinski definition) is 0. The molecule has 1 aromatic carbocycles. The Kier molecular flexibility index (Phi) is 9.64. The van der Waals surface area contributed by atoms with Crippen molar-refractivity contribution in [3.8, 4) is 5.75 Å². The minimum absolute atomic E-state index is 0.744. The number of allylic oxidation sites excluding steroid dienone is 2. The van der Waals surface area contributed by atoms with Crippen LogP contribution in [-0.2, 0) is 6.42 Å². The molecule has 2 aliphatic rings. The van der Waals surface area contributed by atoms with E-state index in [-0.39, 0.29) is 0 Å². The van der Waals surface area contributed by atoms with Gasteiger partial charge in [-0.25, -0.2) is 0 Å². The van der Waals surface area contributed by atoms with E-state index in [1.807, 2.05) is 6.92 Å². The molecule has 0 N–H and O–H groups in total. The Morgan fingerprint density at radius 2 is 1.62 bits per heavy atom. The average molecular weight is 397 g/mol. The van der Waals surface area contributed by atoms with Gasteiger partial charge in [-0.2, -0.15) is 0 Å². The second-order valence-electron chi connectivity index (χ2n) is 9.60. The van der Waals surface area contributed by atoms with Crippen LogP contribution in [0.3, 0.4) is 0 Å². The second-order valence-corrected chi connectivity index (χ2v) is 9.60. The quantitative estimate of drug-likeness (QED) is 0.269. The molecule has 1 nitrogen and oxygen atoms in total. The van der Waals surface area contributed by atoms with Crippen LogP contribution in [0, 0.1) is 17.8 Å². The monoisotopic (exact) mass is 396 g/mol. The van der Waals surface area contributed by atoms with Gasteiger partial charge in [0.25, 0.3) is 0 Å². The number of aryl methyl sites for hydroxylation is 1. The predicted octanol–water partition coefficient (Wildman–Crippen LogP) is 8.52. The van der Waals surface area contributed by atoms with Crippen molar-refractivity contribution in [3.05, 3.63) is 41.5 Å². The van der Waals surface area contributed by atoms with Gasteiger partial charge in [-0.1, -0.05) is 75.7 Å². The Labute approximate surface area is 180 Å². The number of hydrogen-bond acceptors (Lipinski definition) is 1. The van der Waals surface area contributed by atoms with Crippen LogP contribution in [0.4, 0.5) is 0 Å². The summed E-state index contributed by atoms with van der Waals surface area (Å²) in [6.45, 7) is 5.10. The first-order valence-corrected chi connectivity index (χ1v) is 12.7. The van der Waals surface area contributed by atoms with Crippen LogP contribution in [0.1, 0.15) is 103 Å². The molecule has 2 aliphatic carbocycles. The zero-order valence-corrected chi connectivity index (χ0v) is 19.1. The average Bonchev–Trinajstić information content (AvgIpc) is 2.77. The van der Waals surface area contributed by atoms with E-state index in [0.29, 0.717) is 0 Å². The SMILES string of the molecule is CCCCCCC1CCC(C2CC=C(CCc3ccc(OCC)cc3)CC2)CC1. The summed E-state index contributed by atoms with van der Waals surface area (Å²) in [4.78, 5) is 0. The molecule has 1 atom stereocenters. The van der Waals surface area contributed by atoms with E-state index in [1.165, 1.54) is 95.5 Å². The summed E-state index contributed by atoms with van der Waals surface area (Å²) in [6, 6.07) is 8.70. The van der Waals surface area contributed by atoms with Gasteiger partial charge in [-0.05, 0) is 87.3 Å². The number of unbranched alkanes of at least 4 members (excludes halogenated alkanes) is 3. The largest absolute Gasteiger partial charge is 0.494 e. The fourth-order valence-electron chi connectivity index (χ4n) is 5.60. The summed E-state index contributed by atoms with van der Waals surface area (Å²) in [7, 11) is 0. The van der Waals surface area contributed by atoms with E-state index in [9.17, 15) is 0 Å². The Morgan fingerprint density at radius 1 is 0.828 bits per heavy atom. The topological polar surface area (TPSA) is 9.23 Å². The van der Waals surface area contributed by atoms with Crippen molar-refractivity contribution in [3.63, 3.8) is 0 Å². The zero-order valence-electron chi connectivity index (χ0n) is 19.1. The third-order valence-electron chi connectivity index (χ3n) is 7.54. The number of benzene rings is 1. The van der Waals surface area contributed by atoms with Crippen LogP contribution in [0.5, 0.6) is 5.75 Å². The highest BCUT2D eigenvalue weighted by atomic mass is 16.5.